The molecule has 0 saturated heterocycles. The molecule has 1 rings (SSSR count). The molecule has 0 saturated carbocycles. The zero-order valence-corrected chi connectivity index (χ0v) is 7.45. The summed E-state index contributed by atoms with van der Waals surface area (Å²) in [5.74, 6) is 0. The maximum absolute atomic E-state index is 2.24. The van der Waals surface area contributed by atoms with E-state index in [0.29, 0.717) is 0 Å². The van der Waals surface area contributed by atoms with Crippen LogP contribution in [0.1, 0.15) is 22.5 Å². The van der Waals surface area contributed by atoms with Crippen molar-refractivity contribution in [3.05, 3.63) is 22.5 Å². The van der Waals surface area contributed by atoms with Crippen molar-refractivity contribution in [3.63, 3.8) is 0 Å². The molecule has 0 unspecified atom stereocenters. The van der Waals surface area contributed by atoms with Crippen molar-refractivity contribution in [2.24, 2.45) is 7.05 Å². The van der Waals surface area contributed by atoms with Crippen LogP contribution in [0, 0.1) is 27.7 Å². The van der Waals surface area contributed by atoms with Gasteiger partial charge in [-0.1, -0.05) is 0 Å². The average Bonchev–Trinajstić information content (AvgIpc) is 2.07. The highest BCUT2D eigenvalue weighted by Gasteiger charge is 2.06. The molecule has 0 aromatic carbocycles. The van der Waals surface area contributed by atoms with Crippen LogP contribution in [0.4, 0.5) is 0 Å². The largest absolute Gasteiger partial charge is 0.352 e. The summed E-state index contributed by atoms with van der Waals surface area (Å²) in [6.45, 7) is 8.68. The third kappa shape index (κ3) is 0.772. The Hall–Kier alpha value is -0.720. The zero-order chi connectivity index (χ0) is 7.89. The highest BCUT2D eigenvalue weighted by molar-refractivity contribution is 5.34. The molecule has 10 heavy (non-hydrogen) atoms. The molecule has 0 amide bonds. The first-order chi connectivity index (χ1) is 4.55. The third-order valence-corrected chi connectivity index (χ3v) is 2.65. The molecule has 0 N–H and O–H groups in total. The van der Waals surface area contributed by atoms with Crippen LogP contribution in [0.2, 0.25) is 0 Å². The molecule has 0 spiro atoms. The van der Waals surface area contributed by atoms with Crippen LogP contribution in [0.5, 0.6) is 0 Å². The van der Waals surface area contributed by atoms with E-state index in [2.05, 4.69) is 39.3 Å². The lowest BCUT2D eigenvalue weighted by Crippen LogP contribution is -1.92. The van der Waals surface area contributed by atoms with E-state index in [-0.39, 0.29) is 0 Å². The molecule has 1 heteroatoms. The Morgan fingerprint density at radius 2 is 1.10 bits per heavy atom. The Morgan fingerprint density at radius 1 is 0.800 bits per heavy atom. The highest BCUT2D eigenvalue weighted by Crippen LogP contribution is 2.17. The average molecular weight is 137 g/mol. The molecule has 0 aliphatic rings. The molecule has 1 aromatic rings. The van der Waals surface area contributed by atoms with Gasteiger partial charge in [0.05, 0.1) is 0 Å². The molecule has 1 nitrogen and oxygen atoms in total. The predicted octanol–water partition coefficient (Wildman–Crippen LogP) is 2.26. The number of hydrogen-bond donors (Lipinski definition) is 0. The summed E-state index contributed by atoms with van der Waals surface area (Å²) in [6, 6.07) is 0. The SMILES string of the molecule is Cc1c(C)c(C)n(C)c1C. The summed E-state index contributed by atoms with van der Waals surface area (Å²) in [6.07, 6.45) is 0. The summed E-state index contributed by atoms with van der Waals surface area (Å²) < 4.78 is 2.24. The van der Waals surface area contributed by atoms with Gasteiger partial charge in [-0.05, 0) is 38.8 Å². The molecule has 56 valence electrons. The van der Waals surface area contributed by atoms with Crippen LogP contribution in [0.15, 0.2) is 0 Å². The molecule has 1 heterocycles. The summed E-state index contributed by atoms with van der Waals surface area (Å²) in [7, 11) is 2.12. The Bertz CT molecular complexity index is 176. The van der Waals surface area contributed by atoms with Crippen LogP contribution in [0.3, 0.4) is 0 Å². The Kier molecular flexibility index (Phi) is 1.59. The molecule has 0 fully saturated rings. The number of nitrogens with zero attached hydrogens (tertiary/aromatic N) is 1. The van der Waals surface area contributed by atoms with Crippen LogP contribution < -0.4 is 0 Å². The second-order valence-electron chi connectivity index (χ2n) is 2.98. The monoisotopic (exact) mass is 137 g/mol. The van der Waals surface area contributed by atoms with Gasteiger partial charge in [0.25, 0.3) is 0 Å². The van der Waals surface area contributed by atoms with Gasteiger partial charge in [-0.3, -0.25) is 0 Å². The highest BCUT2D eigenvalue weighted by atomic mass is 15.0. The van der Waals surface area contributed by atoms with Gasteiger partial charge in [-0.2, -0.15) is 0 Å². The van der Waals surface area contributed by atoms with Crippen molar-refractivity contribution < 1.29 is 0 Å². The van der Waals surface area contributed by atoms with Crippen molar-refractivity contribution >= 4 is 0 Å². The maximum atomic E-state index is 2.24. The lowest BCUT2D eigenvalue weighted by molar-refractivity contribution is 0.838. The van der Waals surface area contributed by atoms with Gasteiger partial charge in [-0.15, -0.1) is 0 Å². The first kappa shape index (κ1) is 7.39. The second kappa shape index (κ2) is 2.15. The maximum Gasteiger partial charge on any atom is 0.0175 e. The number of rotatable bonds is 0. The zero-order valence-electron chi connectivity index (χ0n) is 7.45. The Labute approximate surface area is 62.7 Å². The molecule has 0 radical (unpaired) electrons. The normalized spacial score (nSPS) is 10.5. The van der Waals surface area contributed by atoms with Gasteiger partial charge >= 0.3 is 0 Å². The van der Waals surface area contributed by atoms with Gasteiger partial charge < -0.3 is 4.57 Å². The molecule has 0 aliphatic heterocycles. The van der Waals surface area contributed by atoms with Crippen molar-refractivity contribution in [2.75, 3.05) is 0 Å². The molecule has 1 aromatic heterocycles. The Balaban J connectivity index is 3.44. The fourth-order valence-electron chi connectivity index (χ4n) is 1.30. The van der Waals surface area contributed by atoms with E-state index >= 15 is 0 Å². The van der Waals surface area contributed by atoms with E-state index < -0.39 is 0 Å². The Morgan fingerprint density at radius 3 is 1.20 bits per heavy atom. The van der Waals surface area contributed by atoms with Crippen LogP contribution in [0.25, 0.3) is 0 Å². The minimum absolute atomic E-state index is 1.38. The lowest BCUT2D eigenvalue weighted by atomic mass is 10.2. The first-order valence-corrected chi connectivity index (χ1v) is 3.64. The van der Waals surface area contributed by atoms with Gasteiger partial charge in [0.15, 0.2) is 0 Å². The molecule has 0 aliphatic carbocycles. The molecule has 0 atom stereocenters. The summed E-state index contributed by atoms with van der Waals surface area (Å²) >= 11 is 0. The smallest absolute Gasteiger partial charge is 0.0175 e. The molecular weight excluding hydrogens is 122 g/mol. The fraction of sp³-hybridized carbons (Fsp3) is 0.556. The van der Waals surface area contributed by atoms with E-state index in [0.717, 1.165) is 0 Å². The van der Waals surface area contributed by atoms with Crippen molar-refractivity contribution in [1.29, 1.82) is 0 Å². The van der Waals surface area contributed by atoms with E-state index in [4.69, 9.17) is 0 Å². The molecular formula is C9H15N. The lowest BCUT2D eigenvalue weighted by Gasteiger charge is -1.98. The second-order valence-corrected chi connectivity index (χ2v) is 2.98. The number of hydrogen-bond acceptors (Lipinski definition) is 0. The van der Waals surface area contributed by atoms with E-state index in [1.807, 2.05) is 0 Å². The standard InChI is InChI=1S/C9H15N/c1-6-7(2)9(4)10(5)8(6)3/h1-5H3. The summed E-state index contributed by atoms with van der Waals surface area (Å²) in [5, 5.41) is 0. The van der Waals surface area contributed by atoms with Crippen molar-refractivity contribution in [3.8, 4) is 0 Å². The third-order valence-electron chi connectivity index (χ3n) is 2.65. The van der Waals surface area contributed by atoms with E-state index in [1.165, 1.54) is 22.5 Å². The predicted molar refractivity (Wildman–Crippen MR) is 44.4 cm³/mol. The van der Waals surface area contributed by atoms with Gasteiger partial charge in [0.1, 0.15) is 0 Å². The van der Waals surface area contributed by atoms with Crippen molar-refractivity contribution in [2.45, 2.75) is 27.7 Å². The minimum Gasteiger partial charge on any atom is -0.352 e. The van der Waals surface area contributed by atoms with Gasteiger partial charge in [-0.25, -0.2) is 0 Å². The summed E-state index contributed by atoms with van der Waals surface area (Å²) in [5.41, 5.74) is 5.63. The van der Waals surface area contributed by atoms with E-state index in [1.54, 1.807) is 0 Å². The fourth-order valence-corrected chi connectivity index (χ4v) is 1.30. The summed E-state index contributed by atoms with van der Waals surface area (Å²) in [4.78, 5) is 0. The van der Waals surface area contributed by atoms with E-state index in [9.17, 15) is 0 Å². The van der Waals surface area contributed by atoms with Crippen LogP contribution >= 0.6 is 0 Å². The van der Waals surface area contributed by atoms with Gasteiger partial charge in [0.2, 0.25) is 0 Å². The van der Waals surface area contributed by atoms with Gasteiger partial charge in [0, 0.05) is 18.4 Å². The topological polar surface area (TPSA) is 4.93 Å². The minimum atomic E-state index is 1.38. The quantitative estimate of drug-likeness (QED) is 0.517. The first-order valence-electron chi connectivity index (χ1n) is 3.64. The molecule has 0 bridgehead atoms. The van der Waals surface area contributed by atoms with Crippen LogP contribution in [-0.4, -0.2) is 4.57 Å². The van der Waals surface area contributed by atoms with Crippen LogP contribution in [-0.2, 0) is 7.05 Å². The number of aromatic nitrogens is 1. The van der Waals surface area contributed by atoms with Crippen molar-refractivity contribution in [1.82, 2.24) is 4.57 Å².